The van der Waals surface area contributed by atoms with E-state index in [-0.39, 0.29) is 5.91 Å². The number of halogens is 1. The Bertz CT molecular complexity index is 387. The van der Waals surface area contributed by atoms with Gasteiger partial charge in [0.15, 0.2) is 0 Å². The average Bonchev–Trinajstić information content (AvgIpc) is 2.97. The number of hydrogen-bond acceptors (Lipinski definition) is 1. The van der Waals surface area contributed by atoms with Crippen molar-refractivity contribution in [2.24, 2.45) is 0 Å². The van der Waals surface area contributed by atoms with Crippen molar-refractivity contribution in [3.8, 4) is 0 Å². The molecule has 0 saturated heterocycles. The number of amides is 1. The molecule has 1 fully saturated rings. The summed E-state index contributed by atoms with van der Waals surface area (Å²) in [6.07, 6.45) is 2.20. The smallest absolute Gasteiger partial charge is 0.251 e. The van der Waals surface area contributed by atoms with Crippen LogP contribution in [0.2, 0.25) is 5.02 Å². The van der Waals surface area contributed by atoms with Crippen LogP contribution in [0, 0.1) is 13.8 Å². The minimum Gasteiger partial charge on any atom is -0.349 e. The van der Waals surface area contributed by atoms with E-state index in [1.165, 1.54) is 0 Å². The van der Waals surface area contributed by atoms with E-state index in [4.69, 9.17) is 11.6 Å². The van der Waals surface area contributed by atoms with Gasteiger partial charge in [0.25, 0.3) is 5.91 Å². The first-order valence-corrected chi connectivity index (χ1v) is 5.53. The number of benzene rings is 1. The third kappa shape index (κ3) is 2.32. The van der Waals surface area contributed by atoms with Gasteiger partial charge in [-0.15, -0.1) is 0 Å². The second-order valence-electron chi connectivity index (χ2n) is 4.15. The van der Waals surface area contributed by atoms with Crippen LogP contribution in [-0.4, -0.2) is 11.9 Å². The molecule has 1 N–H and O–H groups in total. The van der Waals surface area contributed by atoms with Crippen LogP contribution in [0.5, 0.6) is 0 Å². The fourth-order valence-corrected chi connectivity index (χ4v) is 1.71. The summed E-state index contributed by atoms with van der Waals surface area (Å²) in [5, 5.41) is 3.61. The normalized spacial score (nSPS) is 15.1. The Morgan fingerprint density at radius 2 is 2.07 bits per heavy atom. The van der Waals surface area contributed by atoms with Gasteiger partial charge in [0.05, 0.1) is 0 Å². The van der Waals surface area contributed by atoms with Crippen molar-refractivity contribution in [2.75, 3.05) is 0 Å². The lowest BCUT2D eigenvalue weighted by Gasteiger charge is -2.08. The van der Waals surface area contributed by atoms with Crippen LogP contribution >= 0.6 is 11.6 Å². The molecule has 0 radical (unpaired) electrons. The van der Waals surface area contributed by atoms with Gasteiger partial charge in [0.2, 0.25) is 0 Å². The molecule has 0 aromatic heterocycles. The predicted octanol–water partition coefficient (Wildman–Crippen LogP) is 2.85. The number of aryl methyl sites for hydroxylation is 1. The fraction of sp³-hybridized carbons (Fsp3) is 0.417. The van der Waals surface area contributed by atoms with Crippen LogP contribution in [0.4, 0.5) is 0 Å². The maximum atomic E-state index is 11.7. The third-order valence-corrected chi connectivity index (χ3v) is 3.17. The molecule has 1 aromatic carbocycles. The molecule has 0 atom stereocenters. The van der Waals surface area contributed by atoms with E-state index in [9.17, 15) is 4.79 Å². The lowest BCUT2D eigenvalue weighted by molar-refractivity contribution is 0.0951. The summed E-state index contributed by atoms with van der Waals surface area (Å²) in [5.74, 6) is -0.0116. The molecule has 0 unspecified atom stereocenters. The molecule has 1 aliphatic rings. The van der Waals surface area contributed by atoms with Gasteiger partial charge in [-0.2, -0.15) is 0 Å². The Morgan fingerprint density at radius 1 is 1.40 bits per heavy atom. The summed E-state index contributed by atoms with van der Waals surface area (Å²) < 4.78 is 0. The molecule has 1 aromatic rings. The van der Waals surface area contributed by atoms with Crippen molar-refractivity contribution in [1.29, 1.82) is 0 Å². The summed E-state index contributed by atoms with van der Waals surface area (Å²) >= 11 is 6.04. The van der Waals surface area contributed by atoms with Gasteiger partial charge < -0.3 is 5.32 Å². The van der Waals surface area contributed by atoms with Crippen LogP contribution in [-0.2, 0) is 0 Å². The number of rotatable bonds is 2. The fourth-order valence-electron chi connectivity index (χ4n) is 1.44. The first-order valence-electron chi connectivity index (χ1n) is 5.15. The van der Waals surface area contributed by atoms with E-state index in [1.54, 1.807) is 6.07 Å². The Hall–Kier alpha value is -1.02. The molecule has 0 aliphatic heterocycles. The molecule has 0 bridgehead atoms. The van der Waals surface area contributed by atoms with Crippen molar-refractivity contribution < 1.29 is 4.79 Å². The largest absolute Gasteiger partial charge is 0.349 e. The Kier molecular flexibility index (Phi) is 2.70. The van der Waals surface area contributed by atoms with Crippen molar-refractivity contribution in [3.63, 3.8) is 0 Å². The lowest BCUT2D eigenvalue weighted by Crippen LogP contribution is -2.25. The quantitative estimate of drug-likeness (QED) is 0.821. The molecule has 3 heteroatoms. The lowest BCUT2D eigenvalue weighted by atomic mass is 10.1. The Balaban J connectivity index is 2.23. The molecule has 2 nitrogen and oxygen atoms in total. The third-order valence-electron chi connectivity index (χ3n) is 2.78. The van der Waals surface area contributed by atoms with Gasteiger partial charge in [-0.1, -0.05) is 11.6 Å². The Labute approximate surface area is 94.6 Å². The zero-order chi connectivity index (χ0) is 11.0. The second-order valence-corrected chi connectivity index (χ2v) is 4.55. The van der Waals surface area contributed by atoms with Gasteiger partial charge >= 0.3 is 0 Å². The summed E-state index contributed by atoms with van der Waals surface area (Å²) in [5.41, 5.74) is 2.76. The van der Waals surface area contributed by atoms with E-state index >= 15 is 0 Å². The summed E-state index contributed by atoms with van der Waals surface area (Å²) in [6.45, 7) is 3.93. The summed E-state index contributed by atoms with van der Waals surface area (Å²) in [6, 6.07) is 4.01. The van der Waals surface area contributed by atoms with Gasteiger partial charge in [-0.05, 0) is 49.9 Å². The molecule has 1 aliphatic carbocycles. The van der Waals surface area contributed by atoms with Gasteiger partial charge in [0.1, 0.15) is 0 Å². The van der Waals surface area contributed by atoms with E-state index < -0.39 is 0 Å². The molecule has 1 amide bonds. The van der Waals surface area contributed by atoms with Crippen molar-refractivity contribution >= 4 is 17.5 Å². The van der Waals surface area contributed by atoms with E-state index in [1.807, 2.05) is 19.9 Å². The average molecular weight is 224 g/mol. The van der Waals surface area contributed by atoms with Crippen LogP contribution in [0.15, 0.2) is 12.1 Å². The van der Waals surface area contributed by atoms with Crippen LogP contribution in [0.1, 0.15) is 34.3 Å². The summed E-state index contributed by atoms with van der Waals surface area (Å²) in [7, 11) is 0. The van der Waals surface area contributed by atoms with Crippen LogP contribution < -0.4 is 5.32 Å². The topological polar surface area (TPSA) is 29.1 Å². The second kappa shape index (κ2) is 3.86. The molecule has 80 valence electrons. The standard InChI is InChI=1S/C12H14ClNO/c1-7-5-9(6-11(13)8(7)2)12(15)14-10-3-4-10/h5-6,10H,3-4H2,1-2H3,(H,14,15). The van der Waals surface area contributed by atoms with Gasteiger partial charge in [0, 0.05) is 16.6 Å². The minimum absolute atomic E-state index is 0.0116. The minimum atomic E-state index is -0.0116. The highest BCUT2D eigenvalue weighted by Crippen LogP contribution is 2.23. The number of hydrogen-bond donors (Lipinski definition) is 1. The first-order chi connectivity index (χ1) is 7.08. The van der Waals surface area contributed by atoms with Gasteiger partial charge in [-0.3, -0.25) is 4.79 Å². The van der Waals surface area contributed by atoms with Crippen molar-refractivity contribution in [1.82, 2.24) is 5.32 Å². The zero-order valence-corrected chi connectivity index (χ0v) is 9.69. The molecular formula is C12H14ClNO. The van der Waals surface area contributed by atoms with E-state index in [0.29, 0.717) is 16.6 Å². The van der Waals surface area contributed by atoms with E-state index in [2.05, 4.69) is 5.32 Å². The van der Waals surface area contributed by atoms with Crippen molar-refractivity contribution in [3.05, 3.63) is 33.8 Å². The Morgan fingerprint density at radius 3 is 2.60 bits per heavy atom. The number of carbonyl (C=O) groups is 1. The number of nitrogens with one attached hydrogen (secondary N) is 1. The molecular weight excluding hydrogens is 210 g/mol. The summed E-state index contributed by atoms with van der Waals surface area (Å²) in [4.78, 5) is 11.7. The van der Waals surface area contributed by atoms with E-state index in [0.717, 1.165) is 24.0 Å². The highest BCUT2D eigenvalue weighted by atomic mass is 35.5. The van der Waals surface area contributed by atoms with Crippen LogP contribution in [0.25, 0.3) is 0 Å². The highest BCUT2D eigenvalue weighted by Gasteiger charge is 2.24. The number of carbonyl (C=O) groups excluding carboxylic acids is 1. The maximum absolute atomic E-state index is 11.7. The zero-order valence-electron chi connectivity index (χ0n) is 8.93. The predicted molar refractivity (Wildman–Crippen MR) is 61.4 cm³/mol. The van der Waals surface area contributed by atoms with Crippen LogP contribution in [0.3, 0.4) is 0 Å². The molecule has 0 spiro atoms. The molecule has 1 saturated carbocycles. The highest BCUT2D eigenvalue weighted by molar-refractivity contribution is 6.31. The molecule has 15 heavy (non-hydrogen) atoms. The van der Waals surface area contributed by atoms with Crippen molar-refractivity contribution in [2.45, 2.75) is 32.7 Å². The van der Waals surface area contributed by atoms with Gasteiger partial charge in [-0.25, -0.2) is 0 Å². The first kappa shape index (κ1) is 10.5. The SMILES string of the molecule is Cc1cc(C(=O)NC2CC2)cc(Cl)c1C. The maximum Gasteiger partial charge on any atom is 0.251 e. The monoisotopic (exact) mass is 223 g/mol. The molecule has 0 heterocycles. The molecule has 2 rings (SSSR count).